The molecule has 0 saturated carbocycles. The average molecular weight is 391 g/mol. The first-order valence-corrected chi connectivity index (χ1v) is 10.5. The van der Waals surface area contributed by atoms with Crippen molar-refractivity contribution >= 4 is 6.21 Å². The van der Waals surface area contributed by atoms with Gasteiger partial charge in [0, 0.05) is 30.1 Å². The Morgan fingerprint density at radius 3 is 2.83 bits per heavy atom. The summed E-state index contributed by atoms with van der Waals surface area (Å²) in [5.41, 5.74) is 9.47. The molecule has 4 rings (SSSR count). The number of piperidine rings is 1. The largest absolute Gasteiger partial charge is 0.372 e. The summed E-state index contributed by atoms with van der Waals surface area (Å²) in [5, 5.41) is 6.83. The summed E-state index contributed by atoms with van der Waals surface area (Å²) in [4.78, 5) is 11.5. The number of nitrogens with zero attached hydrogens (tertiary/aromatic N) is 3. The van der Waals surface area contributed by atoms with Crippen molar-refractivity contribution in [3.8, 4) is 11.3 Å². The molecule has 152 valence electrons. The minimum Gasteiger partial charge on any atom is -0.372 e. The van der Waals surface area contributed by atoms with Crippen LogP contribution in [0.25, 0.3) is 11.3 Å². The number of likely N-dealkylation sites (tertiary alicyclic amines) is 1. The first kappa shape index (κ1) is 19.6. The van der Waals surface area contributed by atoms with E-state index in [1.807, 2.05) is 48.5 Å². The normalized spacial score (nSPS) is 22.0. The van der Waals surface area contributed by atoms with E-state index >= 15 is 0 Å². The van der Waals surface area contributed by atoms with Crippen LogP contribution in [-0.4, -0.2) is 42.3 Å². The maximum Gasteiger partial charge on any atom is 0.210 e. The van der Waals surface area contributed by atoms with Crippen LogP contribution in [0.5, 0.6) is 0 Å². The minimum absolute atomic E-state index is 0.901. The summed E-state index contributed by atoms with van der Waals surface area (Å²) in [5.74, 6) is -0.0845. The Hall–Kier alpha value is -2.70. The van der Waals surface area contributed by atoms with Crippen molar-refractivity contribution < 1.29 is 0 Å². The lowest BCUT2D eigenvalue weighted by molar-refractivity contribution is 0.226. The molecule has 1 aromatic heterocycles. The van der Waals surface area contributed by atoms with Crippen molar-refractivity contribution in [3.05, 3.63) is 66.1 Å². The predicted molar refractivity (Wildman–Crippen MR) is 118 cm³/mol. The van der Waals surface area contributed by atoms with Crippen molar-refractivity contribution in [2.45, 2.75) is 31.5 Å². The van der Waals surface area contributed by atoms with Gasteiger partial charge in [-0.15, -0.1) is 0 Å². The van der Waals surface area contributed by atoms with Gasteiger partial charge in [-0.1, -0.05) is 30.7 Å². The zero-order valence-electron chi connectivity index (χ0n) is 16.8. The number of rotatable bonds is 7. The molecule has 0 spiro atoms. The summed E-state index contributed by atoms with van der Waals surface area (Å²) < 4.78 is 0. The predicted octanol–water partition coefficient (Wildman–Crippen LogP) is 2.80. The number of aliphatic imine (C=N–C) groups is 1. The molecule has 0 bridgehead atoms. The molecule has 1 aromatic carbocycles. The number of nitrogens with one attached hydrogen (secondary N) is 2. The Balaban J connectivity index is 1.35. The zero-order valence-corrected chi connectivity index (χ0v) is 16.8. The van der Waals surface area contributed by atoms with Crippen LogP contribution in [0.15, 0.2) is 65.6 Å². The van der Waals surface area contributed by atoms with Crippen LogP contribution in [-0.2, 0) is 5.79 Å². The topological polar surface area (TPSA) is 78.6 Å². The van der Waals surface area contributed by atoms with Crippen molar-refractivity contribution in [2.24, 2.45) is 10.7 Å². The fraction of sp³-hybridized carbons (Fsp3) is 0.391. The third-order valence-electron chi connectivity index (χ3n) is 5.52. The summed E-state index contributed by atoms with van der Waals surface area (Å²) in [6, 6.07) is 14.0. The summed E-state index contributed by atoms with van der Waals surface area (Å²) in [6.45, 7) is 4.54. The number of nitrogens with two attached hydrogens (primary N) is 1. The van der Waals surface area contributed by atoms with Crippen LogP contribution in [0, 0.1) is 0 Å². The molecule has 2 aliphatic rings. The molecule has 1 saturated heterocycles. The second kappa shape index (κ2) is 9.20. The molecular formula is C23H30N6. The lowest BCUT2D eigenvalue weighted by Gasteiger charge is -2.32. The lowest BCUT2D eigenvalue weighted by Crippen LogP contribution is -2.52. The van der Waals surface area contributed by atoms with Gasteiger partial charge in [-0.05, 0) is 63.2 Å². The molecule has 3 heterocycles. The molecule has 29 heavy (non-hydrogen) atoms. The molecule has 0 radical (unpaired) electrons. The van der Waals surface area contributed by atoms with Gasteiger partial charge in [0.05, 0.1) is 5.69 Å². The number of allylic oxidation sites excluding steroid dienone is 1. The number of benzene rings is 1. The van der Waals surface area contributed by atoms with Crippen molar-refractivity contribution in [1.29, 1.82) is 0 Å². The van der Waals surface area contributed by atoms with E-state index < -0.39 is 5.79 Å². The van der Waals surface area contributed by atoms with Crippen LogP contribution in [0.2, 0.25) is 0 Å². The van der Waals surface area contributed by atoms with Gasteiger partial charge in [0.1, 0.15) is 5.82 Å². The van der Waals surface area contributed by atoms with E-state index in [1.54, 1.807) is 12.4 Å². The highest BCUT2D eigenvalue weighted by molar-refractivity contribution is 5.74. The van der Waals surface area contributed by atoms with E-state index in [4.69, 9.17) is 5.73 Å². The van der Waals surface area contributed by atoms with Gasteiger partial charge in [0.15, 0.2) is 0 Å². The van der Waals surface area contributed by atoms with Crippen molar-refractivity contribution in [1.82, 2.24) is 20.5 Å². The molecule has 0 aliphatic carbocycles. The fourth-order valence-electron chi connectivity index (χ4n) is 3.92. The van der Waals surface area contributed by atoms with Crippen LogP contribution in [0.4, 0.5) is 0 Å². The molecule has 1 unspecified atom stereocenters. The second-order valence-electron chi connectivity index (χ2n) is 7.73. The van der Waals surface area contributed by atoms with Gasteiger partial charge >= 0.3 is 0 Å². The second-order valence-corrected chi connectivity index (χ2v) is 7.73. The van der Waals surface area contributed by atoms with E-state index in [-0.39, 0.29) is 0 Å². The zero-order chi connectivity index (χ0) is 19.9. The Kier molecular flexibility index (Phi) is 6.22. The van der Waals surface area contributed by atoms with Gasteiger partial charge in [-0.3, -0.25) is 10.7 Å². The van der Waals surface area contributed by atoms with E-state index in [0.29, 0.717) is 0 Å². The first-order valence-electron chi connectivity index (χ1n) is 10.5. The van der Waals surface area contributed by atoms with Gasteiger partial charge in [0.2, 0.25) is 5.79 Å². The standard InChI is InChI=1S/C23H30N6/c24-23(20-9-6-8-19(18-20)21-10-2-3-12-25-21)27-14-11-22(28-23)26-13-7-17-29-15-4-1-5-16-29/h2-3,6,8-12,14,18,26,28H,1,4-5,7,13,15-17,24H2. The highest BCUT2D eigenvalue weighted by Gasteiger charge is 2.28. The summed E-state index contributed by atoms with van der Waals surface area (Å²) in [6.07, 6.45) is 10.7. The fourth-order valence-corrected chi connectivity index (χ4v) is 3.92. The van der Waals surface area contributed by atoms with Crippen LogP contribution < -0.4 is 16.4 Å². The third kappa shape index (κ3) is 5.02. The van der Waals surface area contributed by atoms with Crippen molar-refractivity contribution in [2.75, 3.05) is 26.2 Å². The Morgan fingerprint density at radius 1 is 1.10 bits per heavy atom. The van der Waals surface area contributed by atoms with E-state index in [0.717, 1.165) is 42.2 Å². The minimum atomic E-state index is -0.991. The first-order chi connectivity index (χ1) is 14.2. The quantitative estimate of drug-likeness (QED) is 0.634. The molecule has 2 aromatic rings. The van der Waals surface area contributed by atoms with E-state index in [2.05, 4.69) is 25.5 Å². The van der Waals surface area contributed by atoms with Gasteiger partial charge in [0.25, 0.3) is 0 Å². The Morgan fingerprint density at radius 2 is 2.00 bits per heavy atom. The SMILES string of the molecule is NC1(c2cccc(-c3ccccn3)c2)N=CC=C(NCCCN2CCCCC2)N1. The maximum atomic E-state index is 6.62. The molecule has 6 heteroatoms. The monoisotopic (exact) mass is 390 g/mol. The maximum absolute atomic E-state index is 6.62. The van der Waals surface area contributed by atoms with Gasteiger partial charge < -0.3 is 15.5 Å². The number of hydrogen-bond acceptors (Lipinski definition) is 6. The van der Waals surface area contributed by atoms with Crippen molar-refractivity contribution in [3.63, 3.8) is 0 Å². The molecule has 6 nitrogen and oxygen atoms in total. The Labute approximate surface area is 172 Å². The van der Waals surface area contributed by atoms with E-state index in [9.17, 15) is 0 Å². The molecule has 1 atom stereocenters. The van der Waals surface area contributed by atoms with Crippen LogP contribution in [0.1, 0.15) is 31.2 Å². The van der Waals surface area contributed by atoms with Crippen LogP contribution in [0.3, 0.4) is 0 Å². The summed E-state index contributed by atoms with van der Waals surface area (Å²) >= 11 is 0. The molecular weight excluding hydrogens is 360 g/mol. The number of pyridine rings is 1. The average Bonchev–Trinajstić information content (AvgIpc) is 2.78. The summed E-state index contributed by atoms with van der Waals surface area (Å²) in [7, 11) is 0. The lowest BCUT2D eigenvalue weighted by atomic mass is 10.0. The molecule has 1 fully saturated rings. The highest BCUT2D eigenvalue weighted by atomic mass is 15.3. The smallest absolute Gasteiger partial charge is 0.210 e. The van der Waals surface area contributed by atoms with Crippen LogP contribution >= 0.6 is 0 Å². The number of hydrogen-bond donors (Lipinski definition) is 3. The Bertz CT molecular complexity index is 857. The van der Waals surface area contributed by atoms with Gasteiger partial charge in [-0.2, -0.15) is 0 Å². The third-order valence-corrected chi connectivity index (χ3v) is 5.52. The highest BCUT2D eigenvalue weighted by Crippen LogP contribution is 2.25. The molecule has 2 aliphatic heterocycles. The number of aromatic nitrogens is 1. The molecule has 0 amide bonds. The van der Waals surface area contributed by atoms with Gasteiger partial charge in [-0.25, -0.2) is 4.99 Å². The van der Waals surface area contributed by atoms with E-state index in [1.165, 1.54) is 32.4 Å². The molecule has 4 N–H and O–H groups in total.